The van der Waals surface area contributed by atoms with Crippen LogP contribution in [0.4, 0.5) is 0 Å². The van der Waals surface area contributed by atoms with Gasteiger partial charge in [-0.05, 0) is 68.2 Å². The second kappa shape index (κ2) is 12.5. The van der Waals surface area contributed by atoms with E-state index in [0.717, 1.165) is 0 Å². The van der Waals surface area contributed by atoms with Crippen molar-refractivity contribution in [2.24, 2.45) is 5.73 Å². The molecular formula is C23H46N4O5. The van der Waals surface area contributed by atoms with Gasteiger partial charge in [0.2, 0.25) is 17.7 Å². The predicted octanol–water partition coefficient (Wildman–Crippen LogP) is 1.63. The summed E-state index contributed by atoms with van der Waals surface area (Å²) >= 11 is 0. The van der Waals surface area contributed by atoms with Gasteiger partial charge < -0.3 is 31.2 Å². The molecule has 5 N–H and O–H groups in total. The lowest BCUT2D eigenvalue weighted by atomic mass is 9.98. The normalized spacial score (nSPS) is 12.9. The van der Waals surface area contributed by atoms with Gasteiger partial charge in [-0.25, -0.2) is 0 Å². The summed E-state index contributed by atoms with van der Waals surface area (Å²) in [7, 11) is 1.51. The average Bonchev–Trinajstić information content (AvgIpc) is 2.55. The first-order chi connectivity index (χ1) is 14.4. The fourth-order valence-electron chi connectivity index (χ4n) is 2.86. The van der Waals surface area contributed by atoms with Gasteiger partial charge in [-0.1, -0.05) is 0 Å². The number of likely N-dealkylation sites (N-methyl/N-ethyl adjacent to an activating group) is 1. The molecule has 0 saturated heterocycles. The van der Waals surface area contributed by atoms with Crippen LogP contribution in [0.5, 0.6) is 0 Å². The molecule has 32 heavy (non-hydrogen) atoms. The molecule has 0 spiro atoms. The molecule has 0 rings (SSSR count). The van der Waals surface area contributed by atoms with Gasteiger partial charge in [0, 0.05) is 31.3 Å². The molecule has 0 aromatic heterocycles. The summed E-state index contributed by atoms with van der Waals surface area (Å²) in [5.41, 5.74) is 3.90. The van der Waals surface area contributed by atoms with E-state index in [1.54, 1.807) is 0 Å². The first kappa shape index (κ1) is 30.3. The third-order valence-corrected chi connectivity index (χ3v) is 4.83. The molecule has 0 saturated carbocycles. The maximum Gasteiger partial charge on any atom is 0.239 e. The number of carbonyl (C=O) groups is 3. The molecule has 0 unspecified atom stereocenters. The quantitative estimate of drug-likeness (QED) is 0.295. The van der Waals surface area contributed by atoms with Crippen LogP contribution in [-0.2, 0) is 23.9 Å². The summed E-state index contributed by atoms with van der Waals surface area (Å²) in [6.45, 7) is 16.0. The standard InChI is InChI=1S/C23H46N4O5/c1-20(2,24)10-12-31-23(7,8)15-18(29)27-21(3,4)11-13-32-22(5,6)14-17(28)26-16-19(30)25-9/h10-16,24H2,1-9H3,(H,25,30)(H,26,28)(H,27,29). The molecule has 0 aliphatic carbocycles. The molecule has 0 aliphatic rings. The zero-order valence-electron chi connectivity index (χ0n) is 21.6. The third-order valence-electron chi connectivity index (χ3n) is 4.83. The van der Waals surface area contributed by atoms with E-state index in [4.69, 9.17) is 15.2 Å². The van der Waals surface area contributed by atoms with Crippen molar-refractivity contribution in [3.8, 4) is 0 Å². The number of hydrogen-bond acceptors (Lipinski definition) is 6. The second-order valence-corrected chi connectivity index (χ2v) is 10.9. The van der Waals surface area contributed by atoms with Crippen LogP contribution < -0.4 is 21.7 Å². The molecule has 0 radical (unpaired) electrons. The van der Waals surface area contributed by atoms with Crippen LogP contribution in [0, 0.1) is 0 Å². The van der Waals surface area contributed by atoms with Gasteiger partial charge in [0.25, 0.3) is 0 Å². The van der Waals surface area contributed by atoms with E-state index >= 15 is 0 Å². The number of ether oxygens (including phenoxy) is 2. The number of amides is 3. The summed E-state index contributed by atoms with van der Waals surface area (Å²) in [5.74, 6) is -0.613. The first-order valence-electron chi connectivity index (χ1n) is 11.2. The molecule has 0 aliphatic heterocycles. The summed E-state index contributed by atoms with van der Waals surface area (Å²) < 4.78 is 11.8. The van der Waals surface area contributed by atoms with Gasteiger partial charge in [0.05, 0.1) is 30.6 Å². The third kappa shape index (κ3) is 16.0. The van der Waals surface area contributed by atoms with Crippen molar-refractivity contribution in [1.29, 1.82) is 0 Å². The zero-order chi connectivity index (χ0) is 25.2. The van der Waals surface area contributed by atoms with Crippen molar-refractivity contribution >= 4 is 17.7 Å². The Balaban J connectivity index is 4.43. The molecule has 9 nitrogen and oxygen atoms in total. The highest BCUT2D eigenvalue weighted by Gasteiger charge is 2.29. The van der Waals surface area contributed by atoms with E-state index in [-0.39, 0.29) is 42.6 Å². The molecule has 0 atom stereocenters. The van der Waals surface area contributed by atoms with Crippen LogP contribution in [0.25, 0.3) is 0 Å². The van der Waals surface area contributed by atoms with E-state index in [0.29, 0.717) is 26.1 Å². The summed E-state index contributed by atoms with van der Waals surface area (Å²) in [4.78, 5) is 35.8. The van der Waals surface area contributed by atoms with Gasteiger partial charge in [-0.3, -0.25) is 14.4 Å². The number of hydrogen-bond donors (Lipinski definition) is 4. The lowest BCUT2D eigenvalue weighted by molar-refractivity contribution is -0.131. The Kier molecular flexibility index (Phi) is 11.8. The SMILES string of the molecule is CNC(=O)CNC(=O)CC(C)(C)OCCC(C)(C)NC(=O)CC(C)(C)OCCC(C)(C)N. The Hall–Kier alpha value is -1.71. The summed E-state index contributed by atoms with van der Waals surface area (Å²) in [5, 5.41) is 8.04. The molecule has 0 fully saturated rings. The van der Waals surface area contributed by atoms with E-state index in [2.05, 4.69) is 16.0 Å². The van der Waals surface area contributed by atoms with E-state index in [9.17, 15) is 14.4 Å². The number of nitrogens with two attached hydrogens (primary N) is 1. The van der Waals surface area contributed by atoms with Crippen molar-refractivity contribution < 1.29 is 23.9 Å². The molecule has 0 bridgehead atoms. The lowest BCUT2D eigenvalue weighted by Gasteiger charge is -2.32. The molecule has 9 heteroatoms. The topological polar surface area (TPSA) is 132 Å². The average molecular weight is 459 g/mol. The highest BCUT2D eigenvalue weighted by atomic mass is 16.5. The molecule has 0 heterocycles. The van der Waals surface area contributed by atoms with Crippen molar-refractivity contribution in [2.45, 2.75) is 103 Å². The van der Waals surface area contributed by atoms with E-state index in [1.165, 1.54) is 7.05 Å². The summed E-state index contributed by atoms with van der Waals surface area (Å²) in [6.07, 6.45) is 1.65. The second-order valence-electron chi connectivity index (χ2n) is 10.9. The Morgan fingerprint density at radius 3 is 1.69 bits per heavy atom. The maximum absolute atomic E-state index is 12.5. The van der Waals surface area contributed by atoms with Crippen LogP contribution in [0.1, 0.15) is 81.1 Å². The van der Waals surface area contributed by atoms with Gasteiger partial charge in [0.15, 0.2) is 0 Å². The predicted molar refractivity (Wildman–Crippen MR) is 126 cm³/mol. The van der Waals surface area contributed by atoms with Gasteiger partial charge in [0.1, 0.15) is 0 Å². The Labute approximate surface area is 193 Å². The smallest absolute Gasteiger partial charge is 0.239 e. The van der Waals surface area contributed by atoms with Gasteiger partial charge in [-0.15, -0.1) is 0 Å². The largest absolute Gasteiger partial charge is 0.375 e. The zero-order valence-corrected chi connectivity index (χ0v) is 21.6. The Bertz CT molecular complexity index is 624. The number of rotatable bonds is 15. The van der Waals surface area contributed by atoms with Gasteiger partial charge in [-0.2, -0.15) is 0 Å². The van der Waals surface area contributed by atoms with Crippen molar-refractivity contribution in [3.05, 3.63) is 0 Å². The molecule has 188 valence electrons. The van der Waals surface area contributed by atoms with Crippen LogP contribution in [0.2, 0.25) is 0 Å². The van der Waals surface area contributed by atoms with Crippen LogP contribution in [0.15, 0.2) is 0 Å². The maximum atomic E-state index is 12.5. The van der Waals surface area contributed by atoms with E-state index in [1.807, 2.05) is 55.4 Å². The van der Waals surface area contributed by atoms with Crippen molar-refractivity contribution in [1.82, 2.24) is 16.0 Å². The molecular weight excluding hydrogens is 412 g/mol. The Morgan fingerprint density at radius 2 is 1.22 bits per heavy atom. The minimum absolute atomic E-state index is 0.0610. The lowest BCUT2D eigenvalue weighted by Crippen LogP contribution is -2.47. The van der Waals surface area contributed by atoms with Crippen molar-refractivity contribution in [3.63, 3.8) is 0 Å². The first-order valence-corrected chi connectivity index (χ1v) is 11.2. The van der Waals surface area contributed by atoms with E-state index < -0.39 is 16.7 Å². The minimum Gasteiger partial charge on any atom is -0.375 e. The van der Waals surface area contributed by atoms with Crippen molar-refractivity contribution in [2.75, 3.05) is 26.8 Å². The monoisotopic (exact) mass is 458 g/mol. The molecule has 0 aromatic carbocycles. The van der Waals surface area contributed by atoms with Gasteiger partial charge >= 0.3 is 0 Å². The number of nitrogens with one attached hydrogen (secondary N) is 3. The fourth-order valence-corrected chi connectivity index (χ4v) is 2.86. The number of carbonyl (C=O) groups excluding carboxylic acids is 3. The molecule has 3 amide bonds. The highest BCUT2D eigenvalue weighted by Crippen LogP contribution is 2.20. The van der Waals surface area contributed by atoms with Crippen LogP contribution in [0.3, 0.4) is 0 Å². The highest BCUT2D eigenvalue weighted by molar-refractivity contribution is 5.84. The molecule has 0 aromatic rings. The Morgan fingerprint density at radius 1 is 0.750 bits per heavy atom. The minimum atomic E-state index is -0.695. The van der Waals surface area contributed by atoms with Crippen LogP contribution in [-0.4, -0.2) is 66.8 Å². The summed E-state index contributed by atoms with van der Waals surface area (Å²) in [6, 6.07) is 0. The van der Waals surface area contributed by atoms with Crippen LogP contribution >= 0.6 is 0 Å². The fraction of sp³-hybridized carbons (Fsp3) is 0.870.